The first kappa shape index (κ1) is 29.2. The van der Waals surface area contributed by atoms with Crippen molar-refractivity contribution >= 4 is 17.4 Å². The Morgan fingerprint density at radius 3 is 2.48 bits per heavy atom. The van der Waals surface area contributed by atoms with Crippen molar-refractivity contribution in [3.63, 3.8) is 0 Å². The summed E-state index contributed by atoms with van der Waals surface area (Å²) in [6, 6.07) is 18.3. The van der Waals surface area contributed by atoms with Gasteiger partial charge in [-0.15, -0.1) is 29.6 Å². The van der Waals surface area contributed by atoms with Crippen LogP contribution in [0.4, 0.5) is 18.0 Å². The molecule has 1 saturated carbocycles. The second-order valence-electron chi connectivity index (χ2n) is 10.2. The maximum Gasteiger partial charge on any atom is 0.573 e. The second kappa shape index (κ2) is 12.0. The van der Waals surface area contributed by atoms with E-state index in [0.717, 1.165) is 41.1 Å². The molecule has 0 saturated heterocycles. The average Bonchev–Trinajstić information content (AvgIpc) is 3.63. The fraction of sp³-hybridized carbons (Fsp3) is 0.226. The number of carbonyl (C=O) groups is 1. The summed E-state index contributed by atoms with van der Waals surface area (Å²) in [5.41, 5.74) is 5.32. The van der Waals surface area contributed by atoms with Crippen LogP contribution < -0.4 is 19.6 Å². The molecule has 0 bridgehead atoms. The normalized spacial score (nSPS) is 13.6. The van der Waals surface area contributed by atoms with Crippen LogP contribution in [0.3, 0.4) is 0 Å². The lowest BCUT2D eigenvalue weighted by Gasteiger charge is -2.13. The van der Waals surface area contributed by atoms with Crippen molar-refractivity contribution in [3.05, 3.63) is 100 Å². The Bertz CT molecular complexity index is 1860. The maximum absolute atomic E-state index is 12.8. The van der Waals surface area contributed by atoms with Gasteiger partial charge in [0.1, 0.15) is 17.8 Å². The number of urea groups is 1. The molecule has 0 atom stereocenters. The molecule has 44 heavy (non-hydrogen) atoms. The van der Waals surface area contributed by atoms with Gasteiger partial charge >= 0.3 is 12.4 Å². The number of nitrogens with zero attached hydrogens (tertiary/aromatic N) is 5. The largest absolute Gasteiger partial charge is 0.573 e. The molecule has 0 radical (unpaired) electrons. The zero-order chi connectivity index (χ0) is 30.8. The van der Waals surface area contributed by atoms with E-state index in [1.165, 1.54) is 52.2 Å². The summed E-state index contributed by atoms with van der Waals surface area (Å²) < 4.78 is 50.1. The molecule has 0 aliphatic heterocycles. The van der Waals surface area contributed by atoms with Crippen LogP contribution in [0.2, 0.25) is 0 Å². The average molecular weight is 621 g/mol. The van der Waals surface area contributed by atoms with Gasteiger partial charge in [0.15, 0.2) is 10.6 Å². The van der Waals surface area contributed by atoms with Crippen molar-refractivity contribution < 1.29 is 27.4 Å². The highest BCUT2D eigenvalue weighted by Crippen LogP contribution is 2.44. The standard InChI is InChI=1S/C31H27F3N6O3S/c1-19-17-44-30(40(19)27-14-13-25(42-2)15-26(27)21-7-8-21)37-29(41)35-16-20-3-5-22(6-4-20)28-36-18-39(38-28)23-9-11-24(12-10-23)43-31(32,33)34/h3-6,9-15,17-18,21H,7-8,16H2,1-2H3,(H,35,41)/b37-30-. The lowest BCUT2D eigenvalue weighted by atomic mass is 10.1. The molecule has 1 aliphatic carbocycles. The molecule has 1 N–H and O–H groups in total. The highest BCUT2D eigenvalue weighted by molar-refractivity contribution is 7.07. The number of methoxy groups -OCH3 is 1. The molecule has 2 aromatic heterocycles. The molecule has 3 aromatic carbocycles. The summed E-state index contributed by atoms with van der Waals surface area (Å²) in [5.74, 6) is 1.41. The van der Waals surface area contributed by atoms with E-state index in [2.05, 4.69) is 31.2 Å². The van der Waals surface area contributed by atoms with Gasteiger partial charge in [-0.2, -0.15) is 4.99 Å². The fourth-order valence-electron chi connectivity index (χ4n) is 4.74. The number of rotatable bonds is 8. The van der Waals surface area contributed by atoms with Crippen molar-refractivity contribution in [1.82, 2.24) is 24.6 Å². The van der Waals surface area contributed by atoms with Gasteiger partial charge in [0.25, 0.3) is 0 Å². The van der Waals surface area contributed by atoms with E-state index in [1.54, 1.807) is 7.11 Å². The van der Waals surface area contributed by atoms with E-state index in [-0.39, 0.29) is 12.3 Å². The van der Waals surface area contributed by atoms with E-state index in [9.17, 15) is 18.0 Å². The SMILES string of the molecule is COc1ccc(-n2c(C)cs/c2=N\C(=O)NCc2ccc(-c3ncn(-c4ccc(OC(F)(F)F)cc4)n3)cc2)c(C2CC2)c1. The maximum atomic E-state index is 12.8. The zero-order valence-corrected chi connectivity index (χ0v) is 24.5. The third kappa shape index (κ3) is 6.67. The van der Waals surface area contributed by atoms with Crippen LogP contribution in [0.5, 0.6) is 11.5 Å². The number of aromatic nitrogens is 4. The number of thiazole rings is 1. The van der Waals surface area contributed by atoms with E-state index < -0.39 is 12.4 Å². The molecular weight excluding hydrogens is 593 g/mol. The molecule has 0 unspecified atom stereocenters. The van der Waals surface area contributed by atoms with Crippen molar-refractivity contribution in [3.8, 4) is 34.3 Å². The van der Waals surface area contributed by atoms with Gasteiger partial charge in [-0.05, 0) is 79.3 Å². The number of benzene rings is 3. The molecule has 0 spiro atoms. The van der Waals surface area contributed by atoms with Crippen LogP contribution in [0, 0.1) is 6.92 Å². The number of ether oxygens (including phenoxy) is 2. The first-order chi connectivity index (χ1) is 21.2. The van der Waals surface area contributed by atoms with E-state index >= 15 is 0 Å². The minimum absolute atomic E-state index is 0.275. The summed E-state index contributed by atoms with van der Waals surface area (Å²) in [4.78, 5) is 22.1. The molecule has 6 rings (SSSR count). The molecule has 226 valence electrons. The fourth-order valence-corrected chi connectivity index (χ4v) is 5.61. The predicted molar refractivity (Wildman–Crippen MR) is 158 cm³/mol. The smallest absolute Gasteiger partial charge is 0.497 e. The van der Waals surface area contributed by atoms with Gasteiger partial charge in [-0.1, -0.05) is 24.3 Å². The topological polar surface area (TPSA) is 95.6 Å². The Labute approximate surface area is 254 Å². The number of hydrogen-bond acceptors (Lipinski definition) is 6. The van der Waals surface area contributed by atoms with Gasteiger partial charge in [-0.25, -0.2) is 14.5 Å². The molecule has 2 heterocycles. The molecule has 5 aromatic rings. The van der Waals surface area contributed by atoms with Crippen molar-refractivity contribution in [1.29, 1.82) is 0 Å². The van der Waals surface area contributed by atoms with Gasteiger partial charge < -0.3 is 14.8 Å². The van der Waals surface area contributed by atoms with Gasteiger partial charge in [0.2, 0.25) is 0 Å². The van der Waals surface area contributed by atoms with Crippen LogP contribution >= 0.6 is 11.3 Å². The number of carbonyl (C=O) groups excluding carboxylic acids is 1. The third-order valence-electron chi connectivity index (χ3n) is 7.05. The summed E-state index contributed by atoms with van der Waals surface area (Å²) in [7, 11) is 1.66. The first-order valence-corrected chi connectivity index (χ1v) is 14.6. The second-order valence-corrected chi connectivity index (χ2v) is 11.1. The Balaban J connectivity index is 1.11. The summed E-state index contributed by atoms with van der Waals surface area (Å²) in [5, 5.41) is 9.26. The molecule has 1 fully saturated rings. The molecule has 13 heteroatoms. The van der Waals surface area contributed by atoms with Crippen molar-refractivity contribution in [2.45, 2.75) is 38.6 Å². The van der Waals surface area contributed by atoms with Crippen LogP contribution in [-0.4, -0.2) is 38.8 Å². The summed E-state index contributed by atoms with van der Waals surface area (Å²) in [6.07, 6.45) is -1.02. The number of alkyl halides is 3. The number of nitrogens with one attached hydrogen (secondary N) is 1. The number of aryl methyl sites for hydroxylation is 1. The van der Waals surface area contributed by atoms with E-state index in [4.69, 9.17) is 4.74 Å². The number of amides is 2. The Morgan fingerprint density at radius 1 is 1.07 bits per heavy atom. The van der Waals surface area contributed by atoms with Crippen molar-refractivity contribution in [2.24, 2.45) is 4.99 Å². The first-order valence-electron chi connectivity index (χ1n) is 13.7. The minimum atomic E-state index is -4.75. The monoisotopic (exact) mass is 620 g/mol. The van der Waals surface area contributed by atoms with Crippen molar-refractivity contribution in [2.75, 3.05) is 7.11 Å². The van der Waals surface area contributed by atoms with Crippen LogP contribution in [-0.2, 0) is 6.54 Å². The minimum Gasteiger partial charge on any atom is -0.497 e. The number of hydrogen-bond donors (Lipinski definition) is 1. The lowest BCUT2D eigenvalue weighted by molar-refractivity contribution is -0.274. The zero-order valence-electron chi connectivity index (χ0n) is 23.7. The van der Waals surface area contributed by atoms with Gasteiger partial charge in [0, 0.05) is 23.2 Å². The van der Waals surface area contributed by atoms with Crippen LogP contribution in [0.1, 0.15) is 35.6 Å². The number of halogens is 3. The Hall–Kier alpha value is -4.91. The highest BCUT2D eigenvalue weighted by atomic mass is 32.1. The Kier molecular flexibility index (Phi) is 7.95. The quantitative estimate of drug-likeness (QED) is 0.209. The summed E-state index contributed by atoms with van der Waals surface area (Å²) >= 11 is 1.41. The molecule has 2 amide bonds. The Morgan fingerprint density at radius 2 is 1.80 bits per heavy atom. The third-order valence-corrected chi connectivity index (χ3v) is 8.00. The highest BCUT2D eigenvalue weighted by Gasteiger charge is 2.31. The predicted octanol–water partition coefficient (Wildman–Crippen LogP) is 6.69. The molecule has 9 nitrogen and oxygen atoms in total. The van der Waals surface area contributed by atoms with Crippen LogP contribution in [0.25, 0.3) is 22.8 Å². The van der Waals surface area contributed by atoms with E-state index in [0.29, 0.717) is 22.2 Å². The van der Waals surface area contributed by atoms with Gasteiger partial charge in [0.05, 0.1) is 18.5 Å². The van der Waals surface area contributed by atoms with Gasteiger partial charge in [-0.3, -0.25) is 4.57 Å². The lowest BCUT2D eigenvalue weighted by Crippen LogP contribution is -2.24. The molecular formula is C31H27F3N6O3S. The van der Waals surface area contributed by atoms with E-state index in [1.807, 2.05) is 53.3 Å². The molecule has 1 aliphatic rings. The van der Waals surface area contributed by atoms with Crippen LogP contribution in [0.15, 0.2) is 83.4 Å². The summed E-state index contributed by atoms with van der Waals surface area (Å²) in [6.45, 7) is 2.27.